The number of nitrogens with zero attached hydrogens (tertiary/aromatic N) is 4. The van der Waals surface area contributed by atoms with E-state index < -0.39 is 0 Å². The first-order valence-corrected chi connectivity index (χ1v) is 9.17. The van der Waals surface area contributed by atoms with Crippen molar-refractivity contribution in [3.8, 4) is 5.75 Å². The van der Waals surface area contributed by atoms with E-state index in [1.165, 1.54) is 11.8 Å². The van der Waals surface area contributed by atoms with Crippen LogP contribution < -0.4 is 4.74 Å². The molecular formula is C16H19ClN4O2S. The summed E-state index contributed by atoms with van der Waals surface area (Å²) >= 11 is 7.26. The van der Waals surface area contributed by atoms with Crippen LogP contribution in [0.4, 0.5) is 0 Å². The molecule has 128 valence electrons. The summed E-state index contributed by atoms with van der Waals surface area (Å²) in [6.07, 6.45) is 2.21. The highest BCUT2D eigenvalue weighted by Crippen LogP contribution is 2.20. The Kier molecular flexibility index (Phi) is 5.63. The maximum Gasteiger partial charge on any atom is 0.233 e. The molecule has 0 atom stereocenters. The van der Waals surface area contributed by atoms with Crippen molar-refractivity contribution < 1.29 is 9.53 Å². The van der Waals surface area contributed by atoms with E-state index in [-0.39, 0.29) is 5.91 Å². The number of amides is 1. The molecule has 8 heteroatoms. The summed E-state index contributed by atoms with van der Waals surface area (Å²) in [4.78, 5) is 14.0. The number of hydrogen-bond donors (Lipinski definition) is 0. The molecule has 0 N–H and O–H groups in total. The zero-order valence-corrected chi connectivity index (χ0v) is 15.0. The minimum absolute atomic E-state index is 0.166. The van der Waals surface area contributed by atoms with E-state index >= 15 is 0 Å². The van der Waals surface area contributed by atoms with Crippen LogP contribution in [0.25, 0.3) is 0 Å². The van der Waals surface area contributed by atoms with E-state index in [9.17, 15) is 4.79 Å². The Bertz CT molecular complexity index is 699. The van der Waals surface area contributed by atoms with Gasteiger partial charge >= 0.3 is 0 Å². The van der Waals surface area contributed by atoms with Crippen LogP contribution in [0, 0.1) is 0 Å². The van der Waals surface area contributed by atoms with Crippen LogP contribution in [0.1, 0.15) is 18.7 Å². The maximum atomic E-state index is 12.1. The molecule has 2 heterocycles. The first-order chi connectivity index (χ1) is 11.6. The first-order valence-electron chi connectivity index (χ1n) is 7.80. The molecule has 0 spiro atoms. The Morgan fingerprint density at radius 2 is 1.96 bits per heavy atom. The third-order valence-electron chi connectivity index (χ3n) is 3.89. The second-order valence-electron chi connectivity index (χ2n) is 5.58. The SMILES string of the molecule is Cn1c(COc2ccc(Cl)cc2)nnc1SCC(=O)N1CCCC1. The number of aromatic nitrogens is 3. The van der Waals surface area contributed by atoms with E-state index in [0.29, 0.717) is 23.2 Å². The Morgan fingerprint density at radius 3 is 2.67 bits per heavy atom. The fourth-order valence-electron chi connectivity index (χ4n) is 2.46. The maximum absolute atomic E-state index is 12.1. The van der Waals surface area contributed by atoms with Crippen molar-refractivity contribution in [1.82, 2.24) is 19.7 Å². The Labute approximate surface area is 150 Å². The molecule has 1 amide bonds. The number of ether oxygens (including phenoxy) is 1. The van der Waals surface area contributed by atoms with Crippen LogP contribution in [0.2, 0.25) is 5.02 Å². The third-order valence-corrected chi connectivity index (χ3v) is 5.15. The van der Waals surface area contributed by atoms with Gasteiger partial charge in [0.1, 0.15) is 12.4 Å². The number of halogens is 1. The molecule has 2 aromatic rings. The van der Waals surface area contributed by atoms with Gasteiger partial charge in [-0.2, -0.15) is 0 Å². The smallest absolute Gasteiger partial charge is 0.233 e. The average Bonchev–Trinajstić information content (AvgIpc) is 3.23. The molecular weight excluding hydrogens is 348 g/mol. The van der Waals surface area contributed by atoms with Crippen molar-refractivity contribution in [3.05, 3.63) is 35.1 Å². The molecule has 1 fully saturated rings. The van der Waals surface area contributed by atoms with Gasteiger partial charge in [-0.3, -0.25) is 4.79 Å². The van der Waals surface area contributed by atoms with Crippen LogP contribution in [-0.2, 0) is 18.4 Å². The van der Waals surface area contributed by atoms with Gasteiger partial charge in [-0.25, -0.2) is 0 Å². The van der Waals surface area contributed by atoms with Gasteiger partial charge in [0.2, 0.25) is 5.91 Å². The van der Waals surface area contributed by atoms with Crippen LogP contribution >= 0.6 is 23.4 Å². The molecule has 0 bridgehead atoms. The Balaban J connectivity index is 1.53. The van der Waals surface area contributed by atoms with E-state index in [4.69, 9.17) is 16.3 Å². The van der Waals surface area contributed by atoms with E-state index in [2.05, 4.69) is 10.2 Å². The van der Waals surface area contributed by atoms with Crippen molar-refractivity contribution in [2.75, 3.05) is 18.8 Å². The topological polar surface area (TPSA) is 60.2 Å². The first kappa shape index (κ1) is 17.1. The summed E-state index contributed by atoms with van der Waals surface area (Å²) in [7, 11) is 1.88. The standard InChI is InChI=1S/C16H19ClN4O2S/c1-20-14(10-23-13-6-4-12(17)5-7-13)18-19-16(20)24-11-15(22)21-8-2-3-9-21/h4-7H,2-3,8-11H2,1H3. The van der Waals surface area contributed by atoms with Crippen molar-refractivity contribution in [3.63, 3.8) is 0 Å². The largest absolute Gasteiger partial charge is 0.486 e. The van der Waals surface area contributed by atoms with E-state index in [0.717, 1.165) is 36.8 Å². The summed E-state index contributed by atoms with van der Waals surface area (Å²) in [6, 6.07) is 7.17. The highest BCUT2D eigenvalue weighted by Gasteiger charge is 2.19. The molecule has 1 aromatic heterocycles. The van der Waals surface area contributed by atoms with Crippen molar-refractivity contribution in [2.24, 2.45) is 7.05 Å². The lowest BCUT2D eigenvalue weighted by atomic mass is 10.3. The number of hydrogen-bond acceptors (Lipinski definition) is 5. The van der Waals surface area contributed by atoms with Crippen LogP contribution in [0.3, 0.4) is 0 Å². The summed E-state index contributed by atoms with van der Waals surface area (Å²) in [5, 5.41) is 9.67. The Morgan fingerprint density at radius 1 is 1.25 bits per heavy atom. The van der Waals surface area contributed by atoms with Gasteiger partial charge in [-0.15, -0.1) is 10.2 Å². The molecule has 1 aromatic carbocycles. The van der Waals surface area contributed by atoms with Gasteiger partial charge in [-0.05, 0) is 37.1 Å². The molecule has 0 saturated carbocycles. The van der Waals surface area contributed by atoms with Gasteiger partial charge in [0.25, 0.3) is 0 Å². The second-order valence-corrected chi connectivity index (χ2v) is 6.96. The fraction of sp³-hybridized carbons (Fsp3) is 0.438. The third kappa shape index (κ3) is 4.21. The van der Waals surface area contributed by atoms with Gasteiger partial charge in [-0.1, -0.05) is 23.4 Å². The quantitative estimate of drug-likeness (QED) is 0.736. The lowest BCUT2D eigenvalue weighted by Gasteiger charge is -2.14. The zero-order valence-electron chi connectivity index (χ0n) is 13.4. The summed E-state index contributed by atoms with van der Waals surface area (Å²) in [5.41, 5.74) is 0. The number of carbonyl (C=O) groups is 1. The summed E-state index contributed by atoms with van der Waals surface area (Å²) < 4.78 is 7.54. The summed E-state index contributed by atoms with van der Waals surface area (Å²) in [5.74, 6) is 1.99. The van der Waals surface area contributed by atoms with Crippen molar-refractivity contribution in [2.45, 2.75) is 24.6 Å². The normalized spacial score (nSPS) is 14.2. The molecule has 0 unspecified atom stereocenters. The number of likely N-dealkylation sites (tertiary alicyclic amines) is 1. The van der Waals surface area contributed by atoms with Gasteiger partial charge < -0.3 is 14.2 Å². The predicted molar refractivity (Wildman–Crippen MR) is 93.3 cm³/mol. The molecule has 24 heavy (non-hydrogen) atoms. The van der Waals surface area contributed by atoms with Crippen LogP contribution in [0.15, 0.2) is 29.4 Å². The predicted octanol–water partition coefficient (Wildman–Crippen LogP) is 2.76. The average molecular weight is 367 g/mol. The molecule has 0 radical (unpaired) electrons. The minimum Gasteiger partial charge on any atom is -0.486 e. The van der Waals surface area contributed by atoms with Gasteiger partial charge in [0.05, 0.1) is 5.75 Å². The van der Waals surface area contributed by atoms with Crippen molar-refractivity contribution >= 4 is 29.3 Å². The molecule has 6 nitrogen and oxygen atoms in total. The molecule has 1 aliphatic heterocycles. The monoisotopic (exact) mass is 366 g/mol. The number of rotatable bonds is 6. The van der Waals surface area contributed by atoms with Crippen LogP contribution in [0.5, 0.6) is 5.75 Å². The number of carbonyl (C=O) groups excluding carboxylic acids is 1. The fourth-order valence-corrected chi connectivity index (χ4v) is 3.42. The van der Waals surface area contributed by atoms with Gasteiger partial charge in [0.15, 0.2) is 11.0 Å². The molecule has 3 rings (SSSR count). The van der Waals surface area contributed by atoms with Gasteiger partial charge in [0, 0.05) is 25.2 Å². The van der Waals surface area contributed by atoms with E-state index in [1.54, 1.807) is 12.1 Å². The Hall–Kier alpha value is -1.73. The molecule has 0 aliphatic carbocycles. The van der Waals surface area contributed by atoms with Crippen LogP contribution in [-0.4, -0.2) is 44.4 Å². The molecule has 1 aliphatic rings. The lowest BCUT2D eigenvalue weighted by molar-refractivity contribution is -0.127. The number of thioether (sulfide) groups is 1. The summed E-state index contributed by atoms with van der Waals surface area (Å²) in [6.45, 7) is 2.06. The van der Waals surface area contributed by atoms with E-state index in [1.807, 2.05) is 28.6 Å². The highest BCUT2D eigenvalue weighted by molar-refractivity contribution is 7.99. The number of benzene rings is 1. The minimum atomic E-state index is 0.166. The highest BCUT2D eigenvalue weighted by atomic mass is 35.5. The van der Waals surface area contributed by atoms with Crippen molar-refractivity contribution in [1.29, 1.82) is 0 Å². The lowest BCUT2D eigenvalue weighted by Crippen LogP contribution is -2.29. The zero-order chi connectivity index (χ0) is 16.9. The second kappa shape index (κ2) is 7.90. The molecule has 1 saturated heterocycles.